The third kappa shape index (κ3) is 13.6. The summed E-state index contributed by atoms with van der Waals surface area (Å²) in [7, 11) is 0. The summed E-state index contributed by atoms with van der Waals surface area (Å²) in [5, 5.41) is 24.6. The molecule has 4 amide bonds. The number of nitrogens with zero attached hydrogens (tertiary/aromatic N) is 1. The van der Waals surface area contributed by atoms with Crippen LogP contribution in [-0.4, -0.2) is 88.2 Å². The lowest BCUT2D eigenvalue weighted by molar-refractivity contribution is -0.141. The normalized spacial score (nSPS) is 13.9. The number of carbonyl (C=O) groups is 6. The molecule has 16 nitrogen and oxygen atoms in total. The van der Waals surface area contributed by atoms with E-state index in [0.717, 1.165) is 0 Å². The molecule has 0 spiro atoms. The maximum atomic E-state index is 12.8. The standard InChI is InChI=1S/C18H32N8O8S/c19-8(2-1-5-23-18(21)22)14(30)24-9(3-4-13(28)29)15(31)25-10(6-12(20)27)16(32)26-11(7-35)17(33)34/h8-11,35H,1-7,19H2,(H2,20,27)(H,24,30)(H,25,31)(H,26,32)(H,28,29)(H,33,34)(H4,21,22,23). The Labute approximate surface area is 206 Å². The summed E-state index contributed by atoms with van der Waals surface area (Å²) in [4.78, 5) is 74.8. The predicted octanol–water partition coefficient (Wildman–Crippen LogP) is -4.42. The first-order valence-corrected chi connectivity index (χ1v) is 11.0. The fourth-order valence-corrected chi connectivity index (χ4v) is 2.85. The van der Waals surface area contributed by atoms with E-state index in [0.29, 0.717) is 6.42 Å². The number of carbonyl (C=O) groups excluding carboxylic acids is 4. The molecule has 0 bridgehead atoms. The van der Waals surface area contributed by atoms with Crippen LogP contribution in [0.2, 0.25) is 0 Å². The maximum Gasteiger partial charge on any atom is 0.327 e. The molecule has 0 saturated heterocycles. The van der Waals surface area contributed by atoms with Gasteiger partial charge in [-0.05, 0) is 19.3 Å². The second kappa shape index (κ2) is 16.1. The monoisotopic (exact) mass is 520 g/mol. The zero-order valence-electron chi connectivity index (χ0n) is 18.8. The molecular formula is C18H32N8O8S. The number of aliphatic carboxylic acids is 2. The summed E-state index contributed by atoms with van der Waals surface area (Å²) in [6.07, 6.45) is -1.10. The van der Waals surface area contributed by atoms with E-state index < -0.39 is 72.6 Å². The van der Waals surface area contributed by atoms with Crippen molar-refractivity contribution in [3.8, 4) is 0 Å². The van der Waals surface area contributed by atoms with Crippen molar-refractivity contribution in [3.63, 3.8) is 0 Å². The van der Waals surface area contributed by atoms with Gasteiger partial charge in [0, 0.05) is 18.7 Å². The summed E-state index contributed by atoms with van der Waals surface area (Å²) in [6.45, 7) is 0.208. The van der Waals surface area contributed by atoms with Crippen LogP contribution in [0, 0.1) is 0 Å². The Morgan fingerprint density at radius 1 is 0.829 bits per heavy atom. The minimum absolute atomic E-state index is 0.132. The van der Waals surface area contributed by atoms with Gasteiger partial charge in [-0.25, -0.2) is 4.79 Å². The first kappa shape index (κ1) is 31.4. The quantitative estimate of drug-likeness (QED) is 0.0377. The van der Waals surface area contributed by atoms with Gasteiger partial charge in [-0.2, -0.15) is 12.6 Å². The van der Waals surface area contributed by atoms with Crippen molar-refractivity contribution in [2.75, 3.05) is 12.3 Å². The van der Waals surface area contributed by atoms with Gasteiger partial charge in [-0.15, -0.1) is 0 Å². The molecule has 0 aliphatic heterocycles. The molecule has 4 atom stereocenters. The number of carboxylic acids is 2. The zero-order chi connectivity index (χ0) is 27.1. The highest BCUT2D eigenvalue weighted by Crippen LogP contribution is 2.04. The van der Waals surface area contributed by atoms with E-state index in [-0.39, 0.29) is 31.1 Å². The van der Waals surface area contributed by atoms with Crippen molar-refractivity contribution < 1.29 is 39.0 Å². The van der Waals surface area contributed by atoms with Crippen LogP contribution >= 0.6 is 12.6 Å². The Morgan fingerprint density at radius 3 is 1.86 bits per heavy atom. The summed E-state index contributed by atoms with van der Waals surface area (Å²) in [5.41, 5.74) is 21.3. The molecule has 198 valence electrons. The number of thiol groups is 1. The second-order valence-corrected chi connectivity index (χ2v) is 7.73. The SMILES string of the molecule is NC(=O)CC(NC(=O)C(CCC(=O)O)NC(=O)C(N)CCCN=C(N)N)C(=O)NC(CS)C(=O)O. The number of hydrogen-bond donors (Lipinski definition) is 10. The van der Waals surface area contributed by atoms with Gasteiger partial charge in [0.25, 0.3) is 0 Å². The maximum absolute atomic E-state index is 12.8. The number of amides is 4. The van der Waals surface area contributed by atoms with Crippen LogP contribution in [0.5, 0.6) is 0 Å². The van der Waals surface area contributed by atoms with Gasteiger partial charge < -0.3 is 49.1 Å². The molecule has 17 heteroatoms. The average Bonchev–Trinajstić information content (AvgIpc) is 2.75. The number of carboxylic acid groups (broad SMARTS) is 2. The van der Waals surface area contributed by atoms with E-state index in [2.05, 4.69) is 33.6 Å². The molecule has 0 aliphatic carbocycles. The molecule has 13 N–H and O–H groups in total. The predicted molar refractivity (Wildman–Crippen MR) is 126 cm³/mol. The molecule has 0 radical (unpaired) electrons. The number of primary amides is 1. The van der Waals surface area contributed by atoms with Crippen molar-refractivity contribution >= 4 is 54.2 Å². The van der Waals surface area contributed by atoms with E-state index in [4.69, 9.17) is 33.1 Å². The van der Waals surface area contributed by atoms with E-state index in [9.17, 15) is 28.8 Å². The van der Waals surface area contributed by atoms with Gasteiger partial charge in [0.05, 0.1) is 12.5 Å². The molecule has 35 heavy (non-hydrogen) atoms. The Balaban J connectivity index is 5.41. The molecule has 0 fully saturated rings. The third-order valence-corrected chi connectivity index (χ3v) is 4.78. The molecule has 0 aromatic rings. The van der Waals surface area contributed by atoms with E-state index >= 15 is 0 Å². The number of nitrogens with two attached hydrogens (primary N) is 4. The lowest BCUT2D eigenvalue weighted by Gasteiger charge is -2.24. The van der Waals surface area contributed by atoms with E-state index in [1.54, 1.807) is 0 Å². The Morgan fingerprint density at radius 2 is 1.37 bits per heavy atom. The highest BCUT2D eigenvalue weighted by atomic mass is 32.1. The second-order valence-electron chi connectivity index (χ2n) is 7.36. The van der Waals surface area contributed by atoms with Gasteiger partial charge in [0.15, 0.2) is 5.96 Å². The summed E-state index contributed by atoms with van der Waals surface area (Å²) in [6, 6.07) is -5.54. The first-order chi connectivity index (χ1) is 16.3. The largest absolute Gasteiger partial charge is 0.481 e. The number of nitrogens with one attached hydrogen (secondary N) is 3. The molecule has 4 unspecified atom stereocenters. The number of guanidine groups is 1. The molecule has 0 aliphatic rings. The van der Waals surface area contributed by atoms with Gasteiger partial charge in [0.1, 0.15) is 18.1 Å². The molecule has 0 aromatic carbocycles. The number of rotatable bonds is 17. The molecule has 0 aromatic heterocycles. The Hall–Kier alpha value is -3.60. The van der Waals surface area contributed by atoms with Gasteiger partial charge in [-0.3, -0.25) is 29.0 Å². The van der Waals surface area contributed by atoms with Crippen LogP contribution in [0.15, 0.2) is 4.99 Å². The van der Waals surface area contributed by atoms with Crippen LogP contribution in [0.25, 0.3) is 0 Å². The van der Waals surface area contributed by atoms with Crippen molar-refractivity contribution in [1.29, 1.82) is 0 Å². The van der Waals surface area contributed by atoms with E-state index in [1.165, 1.54) is 0 Å². The van der Waals surface area contributed by atoms with Crippen molar-refractivity contribution in [2.45, 2.75) is 56.3 Å². The molecule has 0 saturated carbocycles. The minimum atomic E-state index is -1.60. The topological polar surface area (TPSA) is 295 Å². The highest BCUT2D eigenvalue weighted by Gasteiger charge is 2.31. The molecule has 0 rings (SSSR count). The zero-order valence-corrected chi connectivity index (χ0v) is 19.7. The first-order valence-electron chi connectivity index (χ1n) is 10.3. The highest BCUT2D eigenvalue weighted by molar-refractivity contribution is 7.80. The van der Waals surface area contributed by atoms with Gasteiger partial charge >= 0.3 is 11.9 Å². The van der Waals surface area contributed by atoms with Crippen LogP contribution in [0.4, 0.5) is 0 Å². The average molecular weight is 521 g/mol. The fourth-order valence-electron chi connectivity index (χ4n) is 2.61. The van der Waals surface area contributed by atoms with Crippen LogP contribution in [-0.2, 0) is 28.8 Å². The van der Waals surface area contributed by atoms with Crippen molar-refractivity contribution in [1.82, 2.24) is 16.0 Å². The van der Waals surface area contributed by atoms with Gasteiger partial charge in [-0.1, -0.05) is 0 Å². The lowest BCUT2D eigenvalue weighted by Crippen LogP contribution is -2.58. The summed E-state index contributed by atoms with van der Waals surface area (Å²) < 4.78 is 0. The molecule has 0 heterocycles. The van der Waals surface area contributed by atoms with Gasteiger partial charge in [0.2, 0.25) is 23.6 Å². The lowest BCUT2D eigenvalue weighted by atomic mass is 10.1. The summed E-state index contributed by atoms with van der Waals surface area (Å²) >= 11 is 3.81. The fraction of sp³-hybridized carbons (Fsp3) is 0.611. The van der Waals surface area contributed by atoms with Crippen molar-refractivity contribution in [2.24, 2.45) is 27.9 Å². The van der Waals surface area contributed by atoms with E-state index in [1.807, 2.05) is 0 Å². The number of aliphatic imine (C=N–C) groups is 1. The van der Waals surface area contributed by atoms with Crippen LogP contribution in [0.3, 0.4) is 0 Å². The Bertz CT molecular complexity index is 820. The van der Waals surface area contributed by atoms with Crippen LogP contribution < -0.4 is 38.9 Å². The minimum Gasteiger partial charge on any atom is -0.481 e. The van der Waals surface area contributed by atoms with Crippen molar-refractivity contribution in [3.05, 3.63) is 0 Å². The Kier molecular flexibility index (Phi) is 14.4. The third-order valence-electron chi connectivity index (χ3n) is 4.42. The smallest absolute Gasteiger partial charge is 0.327 e. The number of hydrogen-bond acceptors (Lipinski definition) is 9. The summed E-state index contributed by atoms with van der Waals surface area (Å²) in [5.74, 6) is -6.90. The van der Waals surface area contributed by atoms with Crippen LogP contribution in [0.1, 0.15) is 32.1 Å². The molecular weight excluding hydrogens is 488 g/mol.